The Kier molecular flexibility index (Phi) is 11.5. The van der Waals surface area contributed by atoms with Crippen molar-refractivity contribution >= 4 is 0 Å². The Balaban J connectivity index is 1.99. The fourth-order valence-electron chi connectivity index (χ4n) is 2.74. The Bertz CT molecular complexity index is 308. The third-order valence-electron chi connectivity index (χ3n) is 4.22. The molecule has 0 aromatic rings. The van der Waals surface area contributed by atoms with Crippen LogP contribution in [0.15, 0.2) is 12.2 Å². The molecule has 5 heteroatoms. The summed E-state index contributed by atoms with van der Waals surface area (Å²) in [5.41, 5.74) is 0. The normalized spacial score (nSPS) is 26.2. The number of unbranched alkanes of at least 4 members (excludes halogenated alkanes) is 6. The van der Waals surface area contributed by atoms with Gasteiger partial charge in [0.15, 0.2) is 0 Å². The molecule has 0 saturated carbocycles. The monoisotopic (exact) mass is 330 g/mol. The smallest absolute Gasteiger partial charge is 0.114 e. The maximum atomic E-state index is 9.98. The molecule has 0 aromatic carbocycles. The van der Waals surface area contributed by atoms with E-state index in [1.54, 1.807) is 0 Å². The summed E-state index contributed by atoms with van der Waals surface area (Å²) in [5, 5.41) is 28.4. The lowest BCUT2D eigenvalue weighted by atomic mass is 10.1. The highest BCUT2D eigenvalue weighted by molar-refractivity contribution is 4.89. The molecule has 1 heterocycles. The van der Waals surface area contributed by atoms with E-state index in [4.69, 9.17) is 14.6 Å². The third kappa shape index (κ3) is 8.27. The van der Waals surface area contributed by atoms with Crippen LogP contribution in [-0.4, -0.2) is 59.6 Å². The molecule has 1 rings (SSSR count). The second kappa shape index (κ2) is 12.9. The van der Waals surface area contributed by atoms with Crippen LogP contribution in [0.2, 0.25) is 0 Å². The van der Waals surface area contributed by atoms with Crippen LogP contribution >= 0.6 is 0 Å². The van der Waals surface area contributed by atoms with E-state index in [0.717, 1.165) is 19.3 Å². The largest absolute Gasteiger partial charge is 0.394 e. The Morgan fingerprint density at radius 2 is 1.83 bits per heavy atom. The Morgan fingerprint density at radius 1 is 1.13 bits per heavy atom. The molecule has 5 nitrogen and oxygen atoms in total. The fraction of sp³-hybridized carbons (Fsp3) is 0.889. The number of hydrogen-bond acceptors (Lipinski definition) is 5. The molecule has 0 aliphatic carbocycles. The second-order valence-electron chi connectivity index (χ2n) is 6.26. The number of allylic oxidation sites excluding steroid dienone is 2. The van der Waals surface area contributed by atoms with Gasteiger partial charge in [0.1, 0.15) is 24.4 Å². The molecule has 1 saturated heterocycles. The minimum absolute atomic E-state index is 0.260. The highest BCUT2D eigenvalue weighted by Gasteiger charge is 2.40. The van der Waals surface area contributed by atoms with Crippen molar-refractivity contribution in [3.63, 3.8) is 0 Å². The van der Waals surface area contributed by atoms with Crippen molar-refractivity contribution in [1.82, 2.24) is 0 Å². The van der Waals surface area contributed by atoms with Gasteiger partial charge in [-0.3, -0.25) is 0 Å². The standard InChI is InChI=1S/C18H34O5/c1-2-3-4-5-6-7-8-9-10-11-12-22-16-14-23-18(17(16)21)15(20)13-19/h8-9,15-21H,2-7,10-14H2,1H3/b9-8+/t15-,16+,17-,18-/m1/s1. The zero-order chi connectivity index (χ0) is 16.9. The van der Waals surface area contributed by atoms with Crippen LogP contribution in [0.1, 0.15) is 58.3 Å². The van der Waals surface area contributed by atoms with Crippen molar-refractivity contribution in [3.05, 3.63) is 12.2 Å². The summed E-state index contributed by atoms with van der Waals surface area (Å²) in [6, 6.07) is 0. The summed E-state index contributed by atoms with van der Waals surface area (Å²) in [6.45, 7) is 2.63. The molecular formula is C18H34O5. The van der Waals surface area contributed by atoms with Gasteiger partial charge in [-0.2, -0.15) is 0 Å². The van der Waals surface area contributed by atoms with Crippen molar-refractivity contribution in [1.29, 1.82) is 0 Å². The fourth-order valence-corrected chi connectivity index (χ4v) is 2.74. The molecule has 23 heavy (non-hydrogen) atoms. The van der Waals surface area contributed by atoms with Crippen molar-refractivity contribution < 1.29 is 24.8 Å². The first-order chi connectivity index (χ1) is 11.2. The molecule has 0 spiro atoms. The SMILES string of the molecule is CCCCCCC/C=C/CCCO[C@H]1CO[C@H]([C@H](O)CO)[C@@H]1O. The van der Waals surface area contributed by atoms with Crippen LogP contribution in [0, 0.1) is 0 Å². The second-order valence-corrected chi connectivity index (χ2v) is 6.26. The number of aliphatic hydroxyl groups excluding tert-OH is 3. The number of hydrogen-bond donors (Lipinski definition) is 3. The first-order valence-corrected chi connectivity index (χ1v) is 9.05. The zero-order valence-electron chi connectivity index (χ0n) is 14.4. The van der Waals surface area contributed by atoms with Gasteiger partial charge in [-0.05, 0) is 25.7 Å². The quantitative estimate of drug-likeness (QED) is 0.356. The summed E-state index contributed by atoms with van der Waals surface area (Å²) >= 11 is 0. The van der Waals surface area contributed by atoms with E-state index >= 15 is 0 Å². The third-order valence-corrected chi connectivity index (χ3v) is 4.22. The summed E-state index contributed by atoms with van der Waals surface area (Å²) < 4.78 is 10.9. The Morgan fingerprint density at radius 3 is 2.52 bits per heavy atom. The van der Waals surface area contributed by atoms with Crippen molar-refractivity contribution in [2.75, 3.05) is 19.8 Å². The average molecular weight is 330 g/mol. The maximum Gasteiger partial charge on any atom is 0.114 e. The van der Waals surface area contributed by atoms with Gasteiger partial charge in [0.2, 0.25) is 0 Å². The molecule has 136 valence electrons. The molecule has 3 N–H and O–H groups in total. The molecule has 1 aliphatic heterocycles. The molecule has 0 unspecified atom stereocenters. The lowest BCUT2D eigenvalue weighted by molar-refractivity contribution is -0.0729. The van der Waals surface area contributed by atoms with Gasteiger partial charge in [0.25, 0.3) is 0 Å². The van der Waals surface area contributed by atoms with Crippen LogP contribution in [0.5, 0.6) is 0 Å². The lowest BCUT2D eigenvalue weighted by Crippen LogP contribution is -2.41. The van der Waals surface area contributed by atoms with Crippen LogP contribution in [0.4, 0.5) is 0 Å². The van der Waals surface area contributed by atoms with E-state index in [2.05, 4.69) is 19.1 Å². The predicted molar refractivity (Wildman–Crippen MR) is 90.3 cm³/mol. The summed E-state index contributed by atoms with van der Waals surface area (Å²) in [5.74, 6) is 0. The van der Waals surface area contributed by atoms with E-state index in [9.17, 15) is 10.2 Å². The van der Waals surface area contributed by atoms with Crippen molar-refractivity contribution in [3.8, 4) is 0 Å². The van der Waals surface area contributed by atoms with E-state index in [-0.39, 0.29) is 6.61 Å². The highest BCUT2D eigenvalue weighted by atomic mass is 16.6. The van der Waals surface area contributed by atoms with Crippen LogP contribution < -0.4 is 0 Å². The molecule has 1 fully saturated rings. The van der Waals surface area contributed by atoms with Gasteiger partial charge in [-0.1, -0.05) is 44.8 Å². The summed E-state index contributed by atoms with van der Waals surface area (Å²) in [7, 11) is 0. The number of ether oxygens (including phenoxy) is 2. The van der Waals surface area contributed by atoms with E-state index in [0.29, 0.717) is 6.61 Å². The Labute approximate surface area is 140 Å². The Hall–Kier alpha value is -0.460. The van der Waals surface area contributed by atoms with Crippen molar-refractivity contribution in [2.45, 2.75) is 82.7 Å². The molecule has 0 aromatic heterocycles. The molecule has 0 bridgehead atoms. The summed E-state index contributed by atoms with van der Waals surface area (Å²) in [4.78, 5) is 0. The zero-order valence-corrected chi connectivity index (χ0v) is 14.4. The van der Waals surface area contributed by atoms with Gasteiger partial charge in [0.05, 0.1) is 13.2 Å². The molecule has 1 aliphatic rings. The van der Waals surface area contributed by atoms with E-state index in [1.807, 2.05) is 0 Å². The lowest BCUT2D eigenvalue weighted by Gasteiger charge is -2.20. The van der Waals surface area contributed by atoms with E-state index < -0.39 is 31.0 Å². The van der Waals surface area contributed by atoms with Crippen LogP contribution in [0.25, 0.3) is 0 Å². The molecule has 0 amide bonds. The van der Waals surface area contributed by atoms with Gasteiger partial charge < -0.3 is 24.8 Å². The number of aliphatic hydroxyl groups is 3. The molecule has 0 radical (unpaired) electrons. The molecular weight excluding hydrogens is 296 g/mol. The van der Waals surface area contributed by atoms with E-state index in [1.165, 1.54) is 32.1 Å². The van der Waals surface area contributed by atoms with Crippen LogP contribution in [-0.2, 0) is 9.47 Å². The van der Waals surface area contributed by atoms with Gasteiger partial charge >= 0.3 is 0 Å². The van der Waals surface area contributed by atoms with Crippen LogP contribution in [0.3, 0.4) is 0 Å². The van der Waals surface area contributed by atoms with Gasteiger partial charge in [-0.25, -0.2) is 0 Å². The summed E-state index contributed by atoms with van der Waals surface area (Å²) in [6.07, 6.45) is 10.9. The first kappa shape index (κ1) is 20.6. The highest BCUT2D eigenvalue weighted by Crippen LogP contribution is 2.20. The predicted octanol–water partition coefficient (Wildman–Crippen LogP) is 2.18. The minimum Gasteiger partial charge on any atom is -0.394 e. The average Bonchev–Trinajstić information content (AvgIpc) is 2.93. The molecule has 4 atom stereocenters. The maximum absolute atomic E-state index is 9.98. The minimum atomic E-state index is -1.06. The van der Waals surface area contributed by atoms with Crippen molar-refractivity contribution in [2.24, 2.45) is 0 Å². The number of rotatable bonds is 13. The van der Waals surface area contributed by atoms with Gasteiger partial charge in [0, 0.05) is 6.61 Å². The van der Waals surface area contributed by atoms with Gasteiger partial charge in [-0.15, -0.1) is 0 Å². The topological polar surface area (TPSA) is 79.2 Å². The first-order valence-electron chi connectivity index (χ1n) is 9.05.